The number of rotatable bonds is 4. The maximum Gasteiger partial charge on any atom is 0.0615 e. The van der Waals surface area contributed by atoms with Gasteiger partial charge in [0, 0.05) is 22.0 Å². The minimum absolute atomic E-state index is 0.225. The fourth-order valence-corrected chi connectivity index (χ4v) is 4.92. The monoisotopic (exact) mass is 379 g/mol. The molecule has 0 radical (unpaired) electrons. The molecule has 4 aromatic carbocycles. The van der Waals surface area contributed by atoms with Crippen molar-refractivity contribution in [1.29, 1.82) is 0 Å². The molecular formula is C26H21NS. The Hall–Kier alpha value is -2.97. The van der Waals surface area contributed by atoms with Crippen molar-refractivity contribution in [1.82, 2.24) is 4.98 Å². The number of H-pyrrole nitrogens is 1. The molecule has 0 spiro atoms. The molecule has 1 aromatic heterocycles. The quantitative estimate of drug-likeness (QED) is 0.319. The van der Waals surface area contributed by atoms with Crippen molar-refractivity contribution in [2.24, 2.45) is 0 Å². The summed E-state index contributed by atoms with van der Waals surface area (Å²) in [7, 11) is 0. The van der Waals surface area contributed by atoms with Crippen molar-refractivity contribution in [2.75, 3.05) is 0 Å². The van der Waals surface area contributed by atoms with E-state index in [2.05, 4.69) is 109 Å². The molecule has 0 bridgehead atoms. The molecule has 0 saturated heterocycles. The van der Waals surface area contributed by atoms with Gasteiger partial charge in [-0.15, -0.1) is 11.8 Å². The number of fused-ring (bicyclic) bond motifs is 2. The fourth-order valence-electron chi connectivity index (χ4n) is 3.75. The Labute approximate surface area is 169 Å². The van der Waals surface area contributed by atoms with Gasteiger partial charge < -0.3 is 4.98 Å². The lowest BCUT2D eigenvalue weighted by molar-refractivity contribution is 1.17. The topological polar surface area (TPSA) is 15.8 Å². The third kappa shape index (κ3) is 3.21. The molecule has 1 unspecified atom stereocenters. The number of aryl methyl sites for hydroxylation is 1. The maximum absolute atomic E-state index is 3.46. The minimum atomic E-state index is 0.225. The largest absolute Gasteiger partial charge is 0.361 e. The third-order valence-corrected chi connectivity index (χ3v) is 6.56. The molecule has 0 aliphatic heterocycles. The Morgan fingerprint density at radius 2 is 1.50 bits per heavy atom. The summed E-state index contributed by atoms with van der Waals surface area (Å²) in [6.45, 7) is 2.13. The second-order valence-electron chi connectivity index (χ2n) is 7.21. The maximum atomic E-state index is 3.46. The summed E-state index contributed by atoms with van der Waals surface area (Å²) in [4.78, 5) is 4.74. The van der Waals surface area contributed by atoms with E-state index in [-0.39, 0.29) is 5.25 Å². The van der Waals surface area contributed by atoms with Crippen molar-refractivity contribution < 1.29 is 0 Å². The molecular weight excluding hydrogens is 358 g/mol. The van der Waals surface area contributed by atoms with Crippen LogP contribution in [-0.2, 0) is 0 Å². The van der Waals surface area contributed by atoms with E-state index in [4.69, 9.17) is 0 Å². The molecule has 5 aromatic rings. The van der Waals surface area contributed by atoms with Crippen LogP contribution < -0.4 is 0 Å². The summed E-state index contributed by atoms with van der Waals surface area (Å²) in [6.07, 6.45) is 2.17. The number of hydrogen-bond acceptors (Lipinski definition) is 1. The summed E-state index contributed by atoms with van der Waals surface area (Å²) in [5, 5.41) is 4.09. The van der Waals surface area contributed by atoms with Gasteiger partial charge in [0.05, 0.1) is 5.25 Å². The first-order chi connectivity index (χ1) is 13.8. The number of benzene rings is 4. The highest BCUT2D eigenvalue weighted by molar-refractivity contribution is 7.99. The molecule has 0 amide bonds. The zero-order valence-corrected chi connectivity index (χ0v) is 16.5. The molecule has 0 fully saturated rings. The number of nitrogens with one attached hydrogen (secondary N) is 1. The Kier molecular flexibility index (Phi) is 4.42. The van der Waals surface area contributed by atoms with E-state index >= 15 is 0 Å². The van der Waals surface area contributed by atoms with Gasteiger partial charge in [0.2, 0.25) is 0 Å². The molecule has 1 N–H and O–H groups in total. The second-order valence-corrected chi connectivity index (χ2v) is 8.39. The number of aromatic amines is 1. The Morgan fingerprint density at radius 3 is 2.36 bits per heavy atom. The van der Waals surface area contributed by atoms with Crippen LogP contribution in [0.25, 0.3) is 21.7 Å². The highest BCUT2D eigenvalue weighted by atomic mass is 32.2. The Balaban J connectivity index is 1.65. The van der Waals surface area contributed by atoms with Crippen molar-refractivity contribution in [3.05, 3.63) is 114 Å². The van der Waals surface area contributed by atoms with E-state index < -0.39 is 0 Å². The molecule has 0 aliphatic rings. The smallest absolute Gasteiger partial charge is 0.0615 e. The van der Waals surface area contributed by atoms with Crippen molar-refractivity contribution in [3.63, 3.8) is 0 Å². The normalized spacial score (nSPS) is 12.5. The van der Waals surface area contributed by atoms with Gasteiger partial charge in [-0.25, -0.2) is 0 Å². The lowest BCUT2D eigenvalue weighted by atomic mass is 10.0. The Morgan fingerprint density at radius 1 is 0.750 bits per heavy atom. The molecule has 0 saturated carbocycles. The van der Waals surface area contributed by atoms with E-state index in [9.17, 15) is 0 Å². The van der Waals surface area contributed by atoms with Crippen molar-refractivity contribution in [3.8, 4) is 0 Å². The van der Waals surface area contributed by atoms with Crippen molar-refractivity contribution in [2.45, 2.75) is 17.1 Å². The predicted octanol–water partition coefficient (Wildman–Crippen LogP) is 7.51. The summed E-state index contributed by atoms with van der Waals surface area (Å²) in [5.41, 5.74) is 5.14. The SMILES string of the molecule is Cc1ccc(SC(c2ccc3ccccc3c2)c2c[nH]c3ccccc23)cc1. The van der Waals surface area contributed by atoms with Crippen LogP contribution in [0.4, 0.5) is 0 Å². The summed E-state index contributed by atoms with van der Waals surface area (Å²) < 4.78 is 0. The fraction of sp³-hybridized carbons (Fsp3) is 0.0769. The van der Waals surface area contributed by atoms with Gasteiger partial charge in [-0.05, 0) is 53.1 Å². The molecule has 1 atom stereocenters. The van der Waals surface area contributed by atoms with Crippen molar-refractivity contribution >= 4 is 33.4 Å². The van der Waals surface area contributed by atoms with Gasteiger partial charge in [0.15, 0.2) is 0 Å². The van der Waals surface area contributed by atoms with Crippen LogP contribution in [0.5, 0.6) is 0 Å². The van der Waals surface area contributed by atoms with E-state index in [0.29, 0.717) is 0 Å². The first kappa shape index (κ1) is 17.2. The lowest BCUT2D eigenvalue weighted by Gasteiger charge is -2.18. The molecule has 5 rings (SSSR count). The van der Waals surface area contributed by atoms with E-state index in [0.717, 1.165) is 0 Å². The van der Waals surface area contributed by atoms with Gasteiger partial charge in [-0.1, -0.05) is 72.3 Å². The van der Waals surface area contributed by atoms with E-state index in [1.807, 2.05) is 11.8 Å². The first-order valence-corrected chi connectivity index (χ1v) is 10.4. The van der Waals surface area contributed by atoms with Crippen LogP contribution in [-0.4, -0.2) is 4.98 Å². The Bertz CT molecular complexity index is 1250. The van der Waals surface area contributed by atoms with Crippen LogP contribution in [0.3, 0.4) is 0 Å². The average Bonchev–Trinajstić information content (AvgIpc) is 3.17. The highest BCUT2D eigenvalue weighted by Crippen LogP contribution is 2.43. The van der Waals surface area contributed by atoms with Crippen LogP contribution in [0.15, 0.2) is 102 Å². The lowest BCUT2D eigenvalue weighted by Crippen LogP contribution is -1.96. The first-order valence-electron chi connectivity index (χ1n) is 9.56. The summed E-state index contributed by atoms with van der Waals surface area (Å²) >= 11 is 1.91. The number of thioether (sulfide) groups is 1. The molecule has 1 heterocycles. The second kappa shape index (κ2) is 7.21. The molecule has 2 heteroatoms. The molecule has 1 nitrogen and oxygen atoms in total. The van der Waals surface area contributed by atoms with Crippen LogP contribution >= 0.6 is 11.8 Å². The van der Waals surface area contributed by atoms with E-state index in [1.54, 1.807) is 0 Å². The molecule has 28 heavy (non-hydrogen) atoms. The van der Waals surface area contributed by atoms with Gasteiger partial charge in [0.1, 0.15) is 0 Å². The zero-order valence-electron chi connectivity index (χ0n) is 15.7. The molecule has 136 valence electrons. The van der Waals surface area contributed by atoms with Gasteiger partial charge in [-0.2, -0.15) is 0 Å². The average molecular weight is 380 g/mol. The third-order valence-electron chi connectivity index (χ3n) is 5.25. The van der Waals surface area contributed by atoms with Gasteiger partial charge in [0.25, 0.3) is 0 Å². The van der Waals surface area contributed by atoms with Crippen LogP contribution in [0, 0.1) is 6.92 Å². The number of hydrogen-bond donors (Lipinski definition) is 1. The summed E-state index contributed by atoms with van der Waals surface area (Å²) in [6, 6.07) is 32.8. The number of aromatic nitrogens is 1. The van der Waals surface area contributed by atoms with Crippen LogP contribution in [0.2, 0.25) is 0 Å². The highest BCUT2D eigenvalue weighted by Gasteiger charge is 2.20. The van der Waals surface area contributed by atoms with E-state index in [1.165, 1.54) is 43.3 Å². The number of para-hydroxylation sites is 1. The molecule has 0 aliphatic carbocycles. The zero-order chi connectivity index (χ0) is 18.9. The minimum Gasteiger partial charge on any atom is -0.361 e. The standard InChI is InChI=1S/C26H21NS/c1-18-10-14-22(15-11-18)28-26(24-17-27-25-9-5-4-8-23(24)25)21-13-12-19-6-2-3-7-20(19)16-21/h2-17,26-27H,1H3. The van der Waals surface area contributed by atoms with Crippen LogP contribution in [0.1, 0.15) is 21.9 Å². The summed E-state index contributed by atoms with van der Waals surface area (Å²) in [5.74, 6) is 0. The van der Waals surface area contributed by atoms with Gasteiger partial charge >= 0.3 is 0 Å². The predicted molar refractivity (Wildman–Crippen MR) is 121 cm³/mol. The van der Waals surface area contributed by atoms with Gasteiger partial charge in [-0.3, -0.25) is 0 Å².